The van der Waals surface area contributed by atoms with Crippen LogP contribution in [-0.4, -0.2) is 42.1 Å². The minimum Gasteiger partial charge on any atom is -0.368 e. The summed E-state index contributed by atoms with van der Waals surface area (Å²) in [6, 6.07) is 0. The number of fused-ring (bicyclic) bond motifs is 2. The maximum atomic E-state index is 10.8. The maximum Gasteiger partial charge on any atom is 0.322 e. The molecule has 78 valence electrons. The number of carbonyl (C=O) groups is 1. The lowest BCUT2D eigenvalue weighted by Crippen LogP contribution is -2.35. The minimum atomic E-state index is -0.294. The normalized spacial score (nSPS) is 45.5. The summed E-state index contributed by atoms with van der Waals surface area (Å²) >= 11 is 0. The maximum absolute atomic E-state index is 10.8. The quantitative estimate of drug-likeness (QED) is 0.559. The first kappa shape index (κ1) is 8.64. The number of ether oxygens (including phenoxy) is 2. The Kier molecular flexibility index (Phi) is 1.80. The molecule has 0 saturated carbocycles. The molecule has 0 aromatic carbocycles. The second kappa shape index (κ2) is 2.92. The van der Waals surface area contributed by atoms with Crippen molar-refractivity contribution in [1.82, 2.24) is 5.06 Å². The molecule has 3 rings (SSSR count). The van der Waals surface area contributed by atoms with Gasteiger partial charge in [-0.2, -0.15) is 0 Å². The number of carbonyl (C=O) groups excluding carboxylic acids is 1. The van der Waals surface area contributed by atoms with E-state index in [9.17, 15) is 4.79 Å². The van der Waals surface area contributed by atoms with Gasteiger partial charge in [-0.15, -0.1) is 5.06 Å². The molecule has 0 radical (unpaired) electrons. The summed E-state index contributed by atoms with van der Waals surface area (Å²) in [6.45, 7) is 2.05. The highest BCUT2D eigenvalue weighted by atomic mass is 16.8. The van der Waals surface area contributed by atoms with Crippen LogP contribution < -0.4 is 0 Å². The highest BCUT2D eigenvalue weighted by Gasteiger charge is 2.53. The summed E-state index contributed by atoms with van der Waals surface area (Å²) in [5.74, 6) is -0.294. The van der Waals surface area contributed by atoms with Gasteiger partial charge in [-0.05, 0) is 12.8 Å². The van der Waals surface area contributed by atoms with Crippen molar-refractivity contribution in [2.75, 3.05) is 6.54 Å². The molecular formula is C9H13NO4. The van der Waals surface area contributed by atoms with E-state index >= 15 is 0 Å². The van der Waals surface area contributed by atoms with Crippen molar-refractivity contribution in [3.63, 3.8) is 0 Å². The molecule has 0 bridgehead atoms. The molecule has 0 spiro atoms. The highest BCUT2D eigenvalue weighted by Crippen LogP contribution is 2.39. The van der Waals surface area contributed by atoms with E-state index < -0.39 is 0 Å². The molecule has 3 aliphatic heterocycles. The van der Waals surface area contributed by atoms with Gasteiger partial charge >= 0.3 is 5.97 Å². The van der Waals surface area contributed by atoms with Crippen molar-refractivity contribution >= 4 is 5.97 Å². The average Bonchev–Trinajstić information content (AvgIpc) is 2.92. The number of hydroxylamine groups is 2. The molecule has 3 saturated heterocycles. The number of hydrogen-bond donors (Lipinski definition) is 0. The molecule has 3 aliphatic rings. The van der Waals surface area contributed by atoms with Crippen LogP contribution in [0.4, 0.5) is 0 Å². The topological polar surface area (TPSA) is 54.6 Å². The molecule has 0 amide bonds. The molecular weight excluding hydrogens is 186 g/mol. The predicted molar refractivity (Wildman–Crippen MR) is 45.0 cm³/mol. The molecule has 3 fully saturated rings. The number of rotatable bonds is 1. The molecule has 0 N–H and O–H groups in total. The Morgan fingerprint density at radius 3 is 2.86 bits per heavy atom. The first-order valence-electron chi connectivity index (χ1n) is 5.00. The zero-order chi connectivity index (χ0) is 9.71. The van der Waals surface area contributed by atoms with Gasteiger partial charge in [0.15, 0.2) is 6.23 Å². The second-order valence-corrected chi connectivity index (χ2v) is 4.04. The van der Waals surface area contributed by atoms with Gasteiger partial charge in [0.25, 0.3) is 0 Å². The molecule has 4 unspecified atom stereocenters. The summed E-state index contributed by atoms with van der Waals surface area (Å²) in [4.78, 5) is 15.9. The highest BCUT2D eigenvalue weighted by molar-refractivity contribution is 5.65. The fourth-order valence-electron chi connectivity index (χ4n) is 2.06. The molecule has 4 atom stereocenters. The van der Waals surface area contributed by atoms with Gasteiger partial charge in [0.1, 0.15) is 12.2 Å². The predicted octanol–water partition coefficient (Wildman–Crippen LogP) is 0.0526. The molecule has 5 heteroatoms. The molecule has 3 heterocycles. The third kappa shape index (κ3) is 1.51. The largest absolute Gasteiger partial charge is 0.368 e. The zero-order valence-corrected chi connectivity index (χ0v) is 8.01. The van der Waals surface area contributed by atoms with E-state index in [-0.39, 0.29) is 24.4 Å². The second-order valence-electron chi connectivity index (χ2n) is 4.04. The van der Waals surface area contributed by atoms with Crippen molar-refractivity contribution in [3.05, 3.63) is 0 Å². The number of nitrogens with zero attached hydrogens (tertiary/aromatic N) is 1. The van der Waals surface area contributed by atoms with E-state index in [1.165, 1.54) is 6.92 Å². The molecule has 0 aliphatic carbocycles. The Morgan fingerprint density at radius 2 is 2.07 bits per heavy atom. The van der Waals surface area contributed by atoms with Gasteiger partial charge in [0.2, 0.25) is 0 Å². The average molecular weight is 199 g/mol. The molecule has 0 aromatic heterocycles. The van der Waals surface area contributed by atoms with Gasteiger partial charge in [-0.25, -0.2) is 0 Å². The van der Waals surface area contributed by atoms with Crippen molar-refractivity contribution in [2.45, 2.75) is 44.3 Å². The summed E-state index contributed by atoms with van der Waals surface area (Å²) < 4.78 is 10.8. The van der Waals surface area contributed by atoms with Gasteiger partial charge < -0.3 is 14.3 Å². The van der Waals surface area contributed by atoms with E-state index in [4.69, 9.17) is 14.3 Å². The zero-order valence-electron chi connectivity index (χ0n) is 8.01. The van der Waals surface area contributed by atoms with E-state index in [1.54, 1.807) is 5.06 Å². The lowest BCUT2D eigenvalue weighted by Gasteiger charge is -2.18. The lowest BCUT2D eigenvalue weighted by molar-refractivity contribution is -0.199. The number of hydrogen-bond acceptors (Lipinski definition) is 5. The molecule has 5 nitrogen and oxygen atoms in total. The smallest absolute Gasteiger partial charge is 0.322 e. The minimum absolute atomic E-state index is 0.0240. The van der Waals surface area contributed by atoms with Crippen LogP contribution in [0.15, 0.2) is 0 Å². The fourth-order valence-corrected chi connectivity index (χ4v) is 2.06. The van der Waals surface area contributed by atoms with Crippen LogP contribution in [-0.2, 0) is 19.1 Å². The van der Waals surface area contributed by atoms with Crippen LogP contribution >= 0.6 is 0 Å². The third-order valence-electron chi connectivity index (χ3n) is 2.87. The summed E-state index contributed by atoms with van der Waals surface area (Å²) in [5.41, 5.74) is 0. The molecule has 0 aromatic rings. The summed E-state index contributed by atoms with van der Waals surface area (Å²) in [7, 11) is 0. The monoisotopic (exact) mass is 199 g/mol. The van der Waals surface area contributed by atoms with E-state index in [0.717, 1.165) is 12.8 Å². The van der Waals surface area contributed by atoms with E-state index in [1.807, 2.05) is 0 Å². The van der Waals surface area contributed by atoms with Crippen LogP contribution in [0.5, 0.6) is 0 Å². The Labute approximate surface area is 81.9 Å². The first-order chi connectivity index (χ1) is 6.74. The van der Waals surface area contributed by atoms with Gasteiger partial charge in [-0.3, -0.25) is 4.79 Å². The SMILES string of the molecule is CC(=O)ON1CC2OC2CCC2OC21. The molecule has 14 heavy (non-hydrogen) atoms. The van der Waals surface area contributed by atoms with Crippen LogP contribution in [0, 0.1) is 0 Å². The van der Waals surface area contributed by atoms with Gasteiger partial charge in [-0.1, -0.05) is 0 Å². The fraction of sp³-hybridized carbons (Fsp3) is 0.889. The third-order valence-corrected chi connectivity index (χ3v) is 2.87. The van der Waals surface area contributed by atoms with Crippen LogP contribution in [0.3, 0.4) is 0 Å². The van der Waals surface area contributed by atoms with Crippen molar-refractivity contribution in [2.24, 2.45) is 0 Å². The summed E-state index contributed by atoms with van der Waals surface area (Å²) in [5, 5.41) is 1.62. The van der Waals surface area contributed by atoms with Crippen molar-refractivity contribution in [3.8, 4) is 0 Å². The van der Waals surface area contributed by atoms with Crippen LogP contribution in [0.25, 0.3) is 0 Å². The Hall–Kier alpha value is -0.650. The van der Waals surface area contributed by atoms with E-state index in [0.29, 0.717) is 12.6 Å². The Balaban J connectivity index is 1.66. The van der Waals surface area contributed by atoms with Crippen molar-refractivity contribution in [1.29, 1.82) is 0 Å². The van der Waals surface area contributed by atoms with E-state index in [2.05, 4.69) is 0 Å². The first-order valence-corrected chi connectivity index (χ1v) is 5.00. The van der Waals surface area contributed by atoms with Crippen LogP contribution in [0.1, 0.15) is 19.8 Å². The number of epoxide rings is 2. The Bertz CT molecular complexity index is 270. The Morgan fingerprint density at radius 1 is 1.29 bits per heavy atom. The van der Waals surface area contributed by atoms with Gasteiger partial charge in [0, 0.05) is 6.92 Å². The van der Waals surface area contributed by atoms with Crippen LogP contribution in [0.2, 0.25) is 0 Å². The lowest BCUT2D eigenvalue weighted by atomic mass is 10.1. The van der Waals surface area contributed by atoms with Crippen molar-refractivity contribution < 1.29 is 19.1 Å². The van der Waals surface area contributed by atoms with Gasteiger partial charge in [0.05, 0.1) is 12.6 Å². The standard InChI is InChI=1S/C9H13NO4/c1-5(11)14-10-4-8-6(12-8)2-3-7-9(10)13-7/h6-9H,2-4H2,1H3. The summed E-state index contributed by atoms with van der Waals surface area (Å²) in [6.07, 6.45) is 2.88.